The smallest absolute Gasteiger partial charge is 0.193 e. The zero-order valence-corrected chi connectivity index (χ0v) is 11.1. The van der Waals surface area contributed by atoms with Crippen molar-refractivity contribution >= 4 is 16.3 Å². The van der Waals surface area contributed by atoms with E-state index in [1.54, 1.807) is 11.3 Å². The van der Waals surface area contributed by atoms with Crippen LogP contribution in [-0.4, -0.2) is 39.5 Å². The van der Waals surface area contributed by atoms with Gasteiger partial charge in [-0.05, 0) is 13.8 Å². The fraction of sp³-hybridized carbons (Fsp3) is 0.583. The molecule has 1 aliphatic rings. The van der Waals surface area contributed by atoms with Crippen LogP contribution in [0.4, 0.5) is 0 Å². The molecule has 1 N–H and O–H groups in total. The fourth-order valence-electron chi connectivity index (χ4n) is 2.38. The molecule has 17 heavy (non-hydrogen) atoms. The summed E-state index contributed by atoms with van der Waals surface area (Å²) in [5.74, 6) is 0. The van der Waals surface area contributed by atoms with Crippen LogP contribution in [0.3, 0.4) is 0 Å². The van der Waals surface area contributed by atoms with Gasteiger partial charge in [0.2, 0.25) is 0 Å². The Balaban J connectivity index is 1.75. The summed E-state index contributed by atoms with van der Waals surface area (Å²) in [5.41, 5.74) is 1.18. The maximum Gasteiger partial charge on any atom is 0.193 e. The minimum absolute atomic E-state index is 0.579. The Morgan fingerprint density at radius 3 is 3.24 bits per heavy atom. The van der Waals surface area contributed by atoms with E-state index in [0.717, 1.165) is 24.6 Å². The van der Waals surface area contributed by atoms with Crippen molar-refractivity contribution in [3.05, 3.63) is 23.5 Å². The lowest BCUT2D eigenvalue weighted by Gasteiger charge is -2.37. The number of nitrogens with one attached hydrogen (secondary N) is 1. The molecule has 4 nitrogen and oxygen atoms in total. The number of thiazole rings is 1. The summed E-state index contributed by atoms with van der Waals surface area (Å²) in [7, 11) is 0. The SMILES string of the molecule is CC1CN(Cc2cn3ccsc3n2)C(C)CN1. The van der Waals surface area contributed by atoms with Crippen molar-refractivity contribution in [2.24, 2.45) is 0 Å². The summed E-state index contributed by atoms with van der Waals surface area (Å²) in [5, 5.41) is 5.57. The van der Waals surface area contributed by atoms with Gasteiger partial charge in [-0.25, -0.2) is 4.98 Å². The van der Waals surface area contributed by atoms with Crippen molar-refractivity contribution in [3.63, 3.8) is 0 Å². The van der Waals surface area contributed by atoms with Gasteiger partial charge in [0, 0.05) is 49.5 Å². The van der Waals surface area contributed by atoms with Crippen molar-refractivity contribution in [1.29, 1.82) is 0 Å². The topological polar surface area (TPSA) is 32.6 Å². The third-order valence-electron chi connectivity index (χ3n) is 3.40. The standard InChI is InChI=1S/C12H18N4S/c1-9-6-16(10(2)5-13-9)8-11-7-15-3-4-17-12(15)14-11/h3-4,7,9-10,13H,5-6,8H2,1-2H3. The summed E-state index contributed by atoms with van der Waals surface area (Å²) >= 11 is 1.69. The van der Waals surface area contributed by atoms with E-state index in [2.05, 4.69) is 51.2 Å². The Bertz CT molecular complexity index is 475. The van der Waals surface area contributed by atoms with Gasteiger partial charge in [-0.15, -0.1) is 11.3 Å². The first-order valence-corrected chi connectivity index (χ1v) is 6.99. The zero-order valence-electron chi connectivity index (χ0n) is 10.3. The molecule has 0 amide bonds. The number of nitrogens with zero attached hydrogens (tertiary/aromatic N) is 3. The average molecular weight is 250 g/mol. The molecule has 0 saturated carbocycles. The summed E-state index contributed by atoms with van der Waals surface area (Å²) in [6, 6.07) is 1.17. The molecule has 0 aromatic carbocycles. The Morgan fingerprint density at radius 2 is 2.41 bits per heavy atom. The second-order valence-electron chi connectivity index (χ2n) is 4.91. The summed E-state index contributed by atoms with van der Waals surface area (Å²) < 4.78 is 2.11. The first-order chi connectivity index (χ1) is 8.22. The first kappa shape index (κ1) is 11.2. The third kappa shape index (κ3) is 2.22. The molecule has 0 bridgehead atoms. The molecule has 3 rings (SSSR count). The van der Waals surface area contributed by atoms with Gasteiger partial charge in [-0.3, -0.25) is 9.30 Å². The quantitative estimate of drug-likeness (QED) is 0.878. The van der Waals surface area contributed by atoms with Gasteiger partial charge in [0.1, 0.15) is 0 Å². The highest BCUT2D eigenvalue weighted by Crippen LogP contribution is 2.15. The Kier molecular flexibility index (Phi) is 2.90. The van der Waals surface area contributed by atoms with Gasteiger partial charge in [0.15, 0.2) is 4.96 Å². The minimum atomic E-state index is 0.579. The van der Waals surface area contributed by atoms with Crippen molar-refractivity contribution < 1.29 is 0 Å². The van der Waals surface area contributed by atoms with Crippen LogP contribution < -0.4 is 5.32 Å². The first-order valence-electron chi connectivity index (χ1n) is 6.11. The number of piperazine rings is 1. The molecule has 3 heterocycles. The van der Waals surface area contributed by atoms with Gasteiger partial charge in [0.05, 0.1) is 5.69 Å². The highest BCUT2D eigenvalue weighted by molar-refractivity contribution is 7.15. The molecule has 92 valence electrons. The highest BCUT2D eigenvalue weighted by Gasteiger charge is 2.22. The number of rotatable bonds is 2. The van der Waals surface area contributed by atoms with Crippen LogP contribution in [0, 0.1) is 0 Å². The van der Waals surface area contributed by atoms with Crippen LogP contribution in [0.25, 0.3) is 4.96 Å². The van der Waals surface area contributed by atoms with E-state index in [1.807, 2.05) is 0 Å². The number of fused-ring (bicyclic) bond motifs is 1. The zero-order chi connectivity index (χ0) is 11.8. The van der Waals surface area contributed by atoms with E-state index in [0.29, 0.717) is 12.1 Å². The number of hydrogen-bond acceptors (Lipinski definition) is 4. The summed E-state index contributed by atoms with van der Waals surface area (Å²) in [6.45, 7) is 7.65. The predicted octanol–water partition coefficient (Wildman–Crippen LogP) is 1.58. The highest BCUT2D eigenvalue weighted by atomic mass is 32.1. The molecule has 0 spiro atoms. The Labute approximate surface area is 105 Å². The van der Waals surface area contributed by atoms with Crippen LogP contribution in [0.1, 0.15) is 19.5 Å². The maximum atomic E-state index is 4.65. The van der Waals surface area contributed by atoms with E-state index in [-0.39, 0.29) is 0 Å². The lowest BCUT2D eigenvalue weighted by Crippen LogP contribution is -2.53. The van der Waals surface area contributed by atoms with Crippen molar-refractivity contribution in [2.75, 3.05) is 13.1 Å². The molecule has 0 aliphatic carbocycles. The van der Waals surface area contributed by atoms with E-state index in [9.17, 15) is 0 Å². The van der Waals surface area contributed by atoms with Crippen LogP contribution >= 0.6 is 11.3 Å². The average Bonchev–Trinajstić information content (AvgIpc) is 2.83. The van der Waals surface area contributed by atoms with Crippen LogP contribution in [-0.2, 0) is 6.54 Å². The lowest BCUT2D eigenvalue weighted by molar-refractivity contribution is 0.137. The molecule has 2 atom stereocenters. The molecule has 2 aromatic rings. The molecular formula is C12H18N4S. The molecule has 1 aliphatic heterocycles. The largest absolute Gasteiger partial charge is 0.311 e. The van der Waals surface area contributed by atoms with Gasteiger partial charge >= 0.3 is 0 Å². The second-order valence-corrected chi connectivity index (χ2v) is 5.79. The van der Waals surface area contributed by atoms with Gasteiger partial charge in [-0.2, -0.15) is 0 Å². The summed E-state index contributed by atoms with van der Waals surface area (Å²) in [4.78, 5) is 8.25. The molecule has 1 fully saturated rings. The number of hydrogen-bond donors (Lipinski definition) is 1. The number of aromatic nitrogens is 2. The minimum Gasteiger partial charge on any atom is -0.311 e. The fourth-order valence-corrected chi connectivity index (χ4v) is 3.10. The third-order valence-corrected chi connectivity index (χ3v) is 4.17. The number of imidazole rings is 1. The predicted molar refractivity (Wildman–Crippen MR) is 70.4 cm³/mol. The molecule has 0 radical (unpaired) electrons. The second kappa shape index (κ2) is 4.40. The van der Waals surface area contributed by atoms with E-state index < -0.39 is 0 Å². The van der Waals surface area contributed by atoms with E-state index in [1.165, 1.54) is 5.69 Å². The van der Waals surface area contributed by atoms with E-state index >= 15 is 0 Å². The maximum absolute atomic E-state index is 4.65. The van der Waals surface area contributed by atoms with Gasteiger partial charge in [-0.1, -0.05) is 0 Å². The Morgan fingerprint density at radius 1 is 1.53 bits per heavy atom. The lowest BCUT2D eigenvalue weighted by atomic mass is 10.1. The molecule has 1 saturated heterocycles. The molecule has 2 aromatic heterocycles. The monoisotopic (exact) mass is 250 g/mol. The van der Waals surface area contributed by atoms with Crippen LogP contribution in [0.15, 0.2) is 17.8 Å². The van der Waals surface area contributed by atoms with Gasteiger partial charge < -0.3 is 5.32 Å². The van der Waals surface area contributed by atoms with Crippen molar-refractivity contribution in [1.82, 2.24) is 19.6 Å². The van der Waals surface area contributed by atoms with Crippen LogP contribution in [0.5, 0.6) is 0 Å². The van der Waals surface area contributed by atoms with E-state index in [4.69, 9.17) is 0 Å². The molecular weight excluding hydrogens is 232 g/mol. The normalized spacial score (nSPS) is 26.7. The summed E-state index contributed by atoms with van der Waals surface area (Å²) in [6.07, 6.45) is 4.21. The van der Waals surface area contributed by atoms with Crippen molar-refractivity contribution in [3.8, 4) is 0 Å². The Hall–Kier alpha value is -0.910. The molecule has 2 unspecified atom stereocenters. The van der Waals surface area contributed by atoms with Gasteiger partial charge in [0.25, 0.3) is 0 Å². The molecule has 5 heteroatoms. The van der Waals surface area contributed by atoms with Crippen LogP contribution in [0.2, 0.25) is 0 Å². The van der Waals surface area contributed by atoms with Crippen molar-refractivity contribution in [2.45, 2.75) is 32.5 Å².